The maximum Gasteiger partial charge on any atom is 0.133 e. The molecular weight excluding hydrogens is 392 g/mol. The van der Waals surface area contributed by atoms with Gasteiger partial charge in [-0.1, -0.05) is 56.1 Å². The van der Waals surface area contributed by atoms with Crippen LogP contribution in [0, 0.1) is 0 Å². The van der Waals surface area contributed by atoms with Crippen molar-refractivity contribution in [2.45, 2.75) is 6.42 Å². The van der Waals surface area contributed by atoms with Crippen molar-refractivity contribution in [3.05, 3.63) is 81.1 Å². The van der Waals surface area contributed by atoms with Gasteiger partial charge in [-0.25, -0.2) is 9.97 Å². The van der Waals surface area contributed by atoms with E-state index in [9.17, 15) is 0 Å². The van der Waals surface area contributed by atoms with E-state index in [0.717, 1.165) is 32.4 Å². The highest BCUT2D eigenvalue weighted by Crippen LogP contribution is 2.20. The second-order valence-electron chi connectivity index (χ2n) is 4.67. The monoisotopic (exact) mass is 402 g/mol. The first kappa shape index (κ1) is 14.4. The summed E-state index contributed by atoms with van der Waals surface area (Å²) < 4.78 is 2.14. The largest absolute Gasteiger partial charge is 0.241 e. The Morgan fingerprint density at radius 3 is 2.05 bits per heavy atom. The summed E-state index contributed by atoms with van der Waals surface area (Å²) in [5, 5.41) is 0. The van der Waals surface area contributed by atoms with E-state index in [1.54, 1.807) is 0 Å². The van der Waals surface area contributed by atoms with Gasteiger partial charge in [-0.2, -0.15) is 0 Å². The van der Waals surface area contributed by atoms with E-state index in [0.29, 0.717) is 0 Å². The summed E-state index contributed by atoms with van der Waals surface area (Å²) in [6.45, 7) is 0. The van der Waals surface area contributed by atoms with E-state index in [1.165, 1.54) is 5.56 Å². The summed E-state index contributed by atoms with van der Waals surface area (Å²) in [7, 11) is 0. The average Bonchev–Trinajstić information content (AvgIpc) is 2.51. The van der Waals surface area contributed by atoms with E-state index >= 15 is 0 Å². The first-order chi connectivity index (χ1) is 10.2. The van der Waals surface area contributed by atoms with Crippen LogP contribution in [-0.2, 0) is 6.42 Å². The lowest BCUT2D eigenvalue weighted by atomic mass is 10.1. The Morgan fingerprint density at radius 2 is 1.38 bits per heavy atom. The molecule has 0 atom stereocenters. The fraction of sp³-hybridized carbons (Fsp3) is 0.0588. The molecule has 104 valence electrons. The molecule has 1 heterocycles. The van der Waals surface area contributed by atoms with Crippen molar-refractivity contribution >= 4 is 31.9 Å². The predicted molar refractivity (Wildman–Crippen MR) is 92.1 cm³/mol. The number of aromatic nitrogens is 2. The molecule has 0 saturated heterocycles. The Balaban J connectivity index is 1.86. The second-order valence-corrected chi connectivity index (χ2v) is 6.50. The SMILES string of the molecule is Brc1ccc(Cc2nccc(-c3ccc(Br)cc3)n2)cc1. The lowest BCUT2D eigenvalue weighted by Crippen LogP contribution is -1.97. The Morgan fingerprint density at radius 1 is 0.762 bits per heavy atom. The summed E-state index contributed by atoms with van der Waals surface area (Å²) in [6, 6.07) is 18.3. The molecule has 0 fully saturated rings. The van der Waals surface area contributed by atoms with Gasteiger partial charge in [0.15, 0.2) is 0 Å². The van der Waals surface area contributed by atoms with Gasteiger partial charge < -0.3 is 0 Å². The molecule has 4 heteroatoms. The number of benzene rings is 2. The summed E-state index contributed by atoms with van der Waals surface area (Å²) in [6.07, 6.45) is 2.55. The maximum absolute atomic E-state index is 4.65. The fourth-order valence-electron chi connectivity index (χ4n) is 2.05. The van der Waals surface area contributed by atoms with Crippen LogP contribution in [0.3, 0.4) is 0 Å². The molecule has 0 radical (unpaired) electrons. The quantitative estimate of drug-likeness (QED) is 0.596. The molecule has 0 amide bonds. The first-order valence-electron chi connectivity index (χ1n) is 6.53. The number of nitrogens with zero attached hydrogens (tertiary/aromatic N) is 2. The molecule has 0 N–H and O–H groups in total. The lowest BCUT2D eigenvalue weighted by molar-refractivity contribution is 0.972. The van der Waals surface area contributed by atoms with E-state index in [-0.39, 0.29) is 0 Å². The molecule has 2 aromatic carbocycles. The predicted octanol–water partition coefficient (Wildman–Crippen LogP) is 5.26. The van der Waals surface area contributed by atoms with Crippen molar-refractivity contribution < 1.29 is 0 Å². The minimum atomic E-state index is 0.734. The van der Waals surface area contributed by atoms with Crippen molar-refractivity contribution in [1.82, 2.24) is 9.97 Å². The molecule has 0 spiro atoms. The minimum absolute atomic E-state index is 0.734. The smallest absolute Gasteiger partial charge is 0.133 e. The summed E-state index contributed by atoms with van der Waals surface area (Å²) >= 11 is 6.89. The molecule has 2 nitrogen and oxygen atoms in total. The van der Waals surface area contributed by atoms with Crippen molar-refractivity contribution in [3.8, 4) is 11.3 Å². The molecule has 0 aliphatic rings. The van der Waals surface area contributed by atoms with Gasteiger partial charge in [0, 0.05) is 27.1 Å². The third-order valence-corrected chi connectivity index (χ3v) is 4.18. The van der Waals surface area contributed by atoms with Crippen LogP contribution in [0.5, 0.6) is 0 Å². The Hall–Kier alpha value is -1.52. The van der Waals surface area contributed by atoms with Gasteiger partial charge in [-0.3, -0.25) is 0 Å². The molecule has 0 saturated carbocycles. The van der Waals surface area contributed by atoms with Crippen LogP contribution in [0.4, 0.5) is 0 Å². The number of halogens is 2. The molecule has 1 aromatic heterocycles. The van der Waals surface area contributed by atoms with Gasteiger partial charge in [0.1, 0.15) is 5.82 Å². The Kier molecular flexibility index (Phi) is 4.46. The van der Waals surface area contributed by atoms with Gasteiger partial charge >= 0.3 is 0 Å². The van der Waals surface area contributed by atoms with Crippen LogP contribution >= 0.6 is 31.9 Å². The van der Waals surface area contributed by atoms with E-state index < -0.39 is 0 Å². The Bertz CT molecular complexity index is 737. The second kappa shape index (κ2) is 6.50. The number of rotatable bonds is 3. The summed E-state index contributed by atoms with van der Waals surface area (Å²) in [5.74, 6) is 0.831. The summed E-state index contributed by atoms with van der Waals surface area (Å²) in [4.78, 5) is 9.02. The van der Waals surface area contributed by atoms with Crippen LogP contribution in [0.2, 0.25) is 0 Å². The van der Waals surface area contributed by atoms with Gasteiger partial charge in [0.25, 0.3) is 0 Å². The van der Waals surface area contributed by atoms with Crippen LogP contribution in [0.1, 0.15) is 11.4 Å². The van der Waals surface area contributed by atoms with Crippen LogP contribution < -0.4 is 0 Å². The molecule has 0 unspecified atom stereocenters. The molecule has 3 rings (SSSR count). The normalized spacial score (nSPS) is 10.6. The zero-order valence-corrected chi connectivity index (χ0v) is 14.3. The van der Waals surface area contributed by atoms with Gasteiger partial charge in [0.2, 0.25) is 0 Å². The zero-order chi connectivity index (χ0) is 14.7. The minimum Gasteiger partial charge on any atom is -0.241 e. The van der Waals surface area contributed by atoms with Crippen molar-refractivity contribution in [2.75, 3.05) is 0 Å². The number of hydrogen-bond acceptors (Lipinski definition) is 2. The molecule has 21 heavy (non-hydrogen) atoms. The first-order valence-corrected chi connectivity index (χ1v) is 8.11. The van der Waals surface area contributed by atoms with Crippen LogP contribution in [0.25, 0.3) is 11.3 Å². The van der Waals surface area contributed by atoms with Gasteiger partial charge in [-0.05, 0) is 35.9 Å². The summed E-state index contributed by atoms with van der Waals surface area (Å²) in [5.41, 5.74) is 3.24. The van der Waals surface area contributed by atoms with E-state index in [4.69, 9.17) is 0 Å². The van der Waals surface area contributed by atoms with Crippen LogP contribution in [0.15, 0.2) is 69.7 Å². The highest BCUT2D eigenvalue weighted by molar-refractivity contribution is 9.10. The zero-order valence-electron chi connectivity index (χ0n) is 11.1. The maximum atomic E-state index is 4.65. The third-order valence-electron chi connectivity index (χ3n) is 3.12. The standard InChI is InChI=1S/C17H12Br2N2/c18-14-5-1-12(2-6-14)11-17-20-10-9-16(21-17)13-3-7-15(19)8-4-13/h1-10H,11H2. The molecule has 0 bridgehead atoms. The molecular formula is C17H12Br2N2. The highest BCUT2D eigenvalue weighted by Gasteiger charge is 2.04. The number of hydrogen-bond donors (Lipinski definition) is 0. The lowest BCUT2D eigenvalue weighted by Gasteiger charge is -2.05. The fourth-order valence-corrected chi connectivity index (χ4v) is 2.58. The Labute approximate surface area is 140 Å². The van der Waals surface area contributed by atoms with Gasteiger partial charge in [0.05, 0.1) is 5.69 Å². The van der Waals surface area contributed by atoms with Gasteiger partial charge in [-0.15, -0.1) is 0 Å². The van der Waals surface area contributed by atoms with E-state index in [1.807, 2.05) is 36.5 Å². The topological polar surface area (TPSA) is 25.8 Å². The van der Waals surface area contributed by atoms with Crippen molar-refractivity contribution in [3.63, 3.8) is 0 Å². The highest BCUT2D eigenvalue weighted by atomic mass is 79.9. The van der Waals surface area contributed by atoms with Crippen molar-refractivity contribution in [2.24, 2.45) is 0 Å². The molecule has 0 aliphatic carbocycles. The molecule has 3 aromatic rings. The average molecular weight is 404 g/mol. The third kappa shape index (κ3) is 3.77. The molecule has 0 aliphatic heterocycles. The van der Waals surface area contributed by atoms with E-state index in [2.05, 4.69) is 66.1 Å². The van der Waals surface area contributed by atoms with Crippen LogP contribution in [-0.4, -0.2) is 9.97 Å². The van der Waals surface area contributed by atoms with Crippen molar-refractivity contribution in [1.29, 1.82) is 0 Å².